The molecule has 0 saturated carbocycles. The summed E-state index contributed by atoms with van der Waals surface area (Å²) >= 11 is 0. The van der Waals surface area contributed by atoms with Crippen LogP contribution in [-0.2, 0) is 11.4 Å². The van der Waals surface area contributed by atoms with E-state index in [2.05, 4.69) is 11.4 Å². The maximum Gasteiger partial charge on any atom is 0.244 e. The number of hydrogen-bond acceptors (Lipinski definition) is 4. The fourth-order valence-corrected chi connectivity index (χ4v) is 2.69. The van der Waals surface area contributed by atoms with Crippen LogP contribution in [0.5, 0.6) is 5.75 Å². The van der Waals surface area contributed by atoms with Crippen molar-refractivity contribution >= 4 is 11.6 Å². The lowest BCUT2D eigenvalue weighted by Gasteiger charge is -2.17. The smallest absolute Gasteiger partial charge is 0.244 e. The van der Waals surface area contributed by atoms with Crippen LogP contribution in [0.3, 0.4) is 0 Å². The van der Waals surface area contributed by atoms with Gasteiger partial charge in [0.05, 0.1) is 11.6 Å². The Labute approximate surface area is 162 Å². The predicted octanol–water partition coefficient (Wildman–Crippen LogP) is 3.91. The van der Waals surface area contributed by atoms with Crippen molar-refractivity contribution in [1.82, 2.24) is 0 Å². The number of carbonyl (C=O) groups is 1. The number of rotatable bonds is 7. The molecule has 0 radical (unpaired) electrons. The molecule has 0 fully saturated rings. The van der Waals surface area contributed by atoms with Gasteiger partial charge in [0.2, 0.25) is 5.91 Å². The summed E-state index contributed by atoms with van der Waals surface area (Å²) in [6, 6.07) is 21.2. The van der Waals surface area contributed by atoms with Crippen LogP contribution in [0.1, 0.15) is 22.7 Å². The molecule has 0 aliphatic rings. The number of halogens is 1. The third-order valence-electron chi connectivity index (χ3n) is 4.11. The number of nitrogens with two attached hydrogens (primary N) is 1. The fraction of sp³-hybridized carbons (Fsp3) is 0.0909. The van der Waals surface area contributed by atoms with Gasteiger partial charge in [-0.2, -0.15) is 5.26 Å². The van der Waals surface area contributed by atoms with Gasteiger partial charge in [-0.25, -0.2) is 4.39 Å². The Morgan fingerprint density at radius 2 is 1.82 bits per heavy atom. The van der Waals surface area contributed by atoms with Crippen molar-refractivity contribution in [2.45, 2.75) is 12.6 Å². The highest BCUT2D eigenvalue weighted by molar-refractivity contribution is 5.84. The molecule has 0 heterocycles. The largest absolute Gasteiger partial charge is 0.489 e. The second-order valence-electron chi connectivity index (χ2n) is 6.16. The van der Waals surface area contributed by atoms with Crippen LogP contribution in [0.25, 0.3) is 0 Å². The molecular weight excluding hydrogens is 357 g/mol. The number of nitrogens with zero attached hydrogens (tertiary/aromatic N) is 1. The van der Waals surface area contributed by atoms with E-state index < -0.39 is 11.9 Å². The van der Waals surface area contributed by atoms with Gasteiger partial charge >= 0.3 is 0 Å². The van der Waals surface area contributed by atoms with Gasteiger partial charge < -0.3 is 15.8 Å². The molecule has 0 aromatic heterocycles. The van der Waals surface area contributed by atoms with E-state index >= 15 is 0 Å². The van der Waals surface area contributed by atoms with Gasteiger partial charge in [0.1, 0.15) is 24.2 Å². The third-order valence-corrected chi connectivity index (χ3v) is 4.11. The van der Waals surface area contributed by atoms with E-state index in [4.69, 9.17) is 15.7 Å². The molecule has 0 aliphatic heterocycles. The Kier molecular flexibility index (Phi) is 5.87. The number of nitriles is 1. The average molecular weight is 375 g/mol. The van der Waals surface area contributed by atoms with Crippen molar-refractivity contribution in [3.05, 3.63) is 95.3 Å². The molecule has 1 amide bonds. The standard InChI is InChI=1S/C22H18FN3O2/c23-18-6-4-17(5-7-18)21(22(25)27)26-19-8-10-20(11-9-19)28-14-16-3-1-2-15(12-16)13-24/h1-12,21,26H,14H2,(H2,25,27). The van der Waals surface area contributed by atoms with Gasteiger partial charge in [0, 0.05) is 5.69 Å². The minimum atomic E-state index is -0.777. The number of benzene rings is 3. The first kappa shape index (κ1) is 18.9. The van der Waals surface area contributed by atoms with Gasteiger partial charge in [-0.1, -0.05) is 24.3 Å². The number of nitrogens with one attached hydrogen (secondary N) is 1. The maximum absolute atomic E-state index is 13.1. The first-order chi connectivity index (χ1) is 13.5. The molecule has 5 nitrogen and oxygen atoms in total. The van der Waals surface area contributed by atoms with E-state index in [0.29, 0.717) is 29.2 Å². The van der Waals surface area contributed by atoms with Crippen LogP contribution in [0.2, 0.25) is 0 Å². The minimum absolute atomic E-state index is 0.335. The Morgan fingerprint density at radius 3 is 2.46 bits per heavy atom. The molecular formula is C22H18FN3O2. The number of carbonyl (C=O) groups excluding carboxylic acids is 1. The number of hydrogen-bond donors (Lipinski definition) is 2. The van der Waals surface area contributed by atoms with Crippen LogP contribution >= 0.6 is 0 Å². The summed E-state index contributed by atoms with van der Waals surface area (Å²) in [7, 11) is 0. The van der Waals surface area contributed by atoms with Crippen molar-refractivity contribution in [1.29, 1.82) is 5.26 Å². The van der Waals surface area contributed by atoms with Crippen LogP contribution in [0, 0.1) is 17.1 Å². The summed E-state index contributed by atoms with van der Waals surface area (Å²) < 4.78 is 18.8. The van der Waals surface area contributed by atoms with Gasteiger partial charge in [-0.3, -0.25) is 4.79 Å². The molecule has 6 heteroatoms. The zero-order valence-corrected chi connectivity index (χ0v) is 14.9. The molecule has 1 atom stereocenters. The summed E-state index contributed by atoms with van der Waals surface area (Å²) in [4.78, 5) is 11.8. The molecule has 1 unspecified atom stereocenters. The molecule has 0 spiro atoms. The average Bonchev–Trinajstić information content (AvgIpc) is 2.72. The first-order valence-corrected chi connectivity index (χ1v) is 8.58. The van der Waals surface area contributed by atoms with Crippen molar-refractivity contribution in [2.24, 2.45) is 5.73 Å². The topological polar surface area (TPSA) is 88.1 Å². The highest BCUT2D eigenvalue weighted by Gasteiger charge is 2.17. The Balaban J connectivity index is 1.65. The number of anilines is 1. The van der Waals surface area contributed by atoms with E-state index in [1.807, 2.05) is 12.1 Å². The fourth-order valence-electron chi connectivity index (χ4n) is 2.69. The van der Waals surface area contributed by atoms with Gasteiger partial charge in [0.15, 0.2) is 0 Å². The summed E-state index contributed by atoms with van der Waals surface area (Å²) in [5, 5.41) is 12.0. The lowest BCUT2D eigenvalue weighted by Crippen LogP contribution is -2.27. The van der Waals surface area contributed by atoms with Crippen molar-refractivity contribution in [2.75, 3.05) is 5.32 Å². The predicted molar refractivity (Wildman–Crippen MR) is 104 cm³/mol. The summed E-state index contributed by atoms with van der Waals surface area (Å²) in [6.45, 7) is 0.335. The Morgan fingerprint density at radius 1 is 1.11 bits per heavy atom. The molecule has 0 bridgehead atoms. The molecule has 3 aromatic carbocycles. The third kappa shape index (κ3) is 4.86. The quantitative estimate of drug-likeness (QED) is 0.655. The zero-order chi connectivity index (χ0) is 19.9. The van der Waals surface area contributed by atoms with Gasteiger partial charge in [-0.15, -0.1) is 0 Å². The normalized spacial score (nSPS) is 11.3. The second-order valence-corrected chi connectivity index (χ2v) is 6.16. The molecule has 140 valence electrons. The molecule has 3 aromatic rings. The summed E-state index contributed by atoms with van der Waals surface area (Å²) in [6.07, 6.45) is 0. The lowest BCUT2D eigenvalue weighted by atomic mass is 10.1. The van der Waals surface area contributed by atoms with Crippen molar-refractivity contribution in [3.63, 3.8) is 0 Å². The molecule has 0 saturated heterocycles. The SMILES string of the molecule is N#Cc1cccc(COc2ccc(NC(C(N)=O)c3ccc(F)cc3)cc2)c1. The highest BCUT2D eigenvalue weighted by atomic mass is 19.1. The summed E-state index contributed by atoms with van der Waals surface area (Å²) in [5.41, 5.74) is 8.20. The zero-order valence-electron chi connectivity index (χ0n) is 14.9. The van der Waals surface area contributed by atoms with Gasteiger partial charge in [0.25, 0.3) is 0 Å². The van der Waals surface area contributed by atoms with Crippen LogP contribution in [0.4, 0.5) is 10.1 Å². The number of amides is 1. The monoisotopic (exact) mass is 375 g/mol. The Hall–Kier alpha value is -3.85. The first-order valence-electron chi connectivity index (χ1n) is 8.58. The van der Waals surface area contributed by atoms with Crippen LogP contribution in [-0.4, -0.2) is 5.91 Å². The molecule has 3 rings (SSSR count). The van der Waals surface area contributed by atoms with E-state index in [0.717, 1.165) is 5.56 Å². The van der Waals surface area contributed by atoms with E-state index in [-0.39, 0.29) is 5.82 Å². The van der Waals surface area contributed by atoms with Crippen molar-refractivity contribution in [3.8, 4) is 11.8 Å². The number of ether oxygens (including phenoxy) is 1. The lowest BCUT2D eigenvalue weighted by molar-refractivity contribution is -0.118. The number of primary amides is 1. The van der Waals surface area contributed by atoms with Crippen LogP contribution < -0.4 is 15.8 Å². The molecule has 0 aliphatic carbocycles. The molecule has 28 heavy (non-hydrogen) atoms. The van der Waals surface area contributed by atoms with Crippen molar-refractivity contribution < 1.29 is 13.9 Å². The minimum Gasteiger partial charge on any atom is -0.489 e. The maximum atomic E-state index is 13.1. The molecule has 3 N–H and O–H groups in total. The highest BCUT2D eigenvalue weighted by Crippen LogP contribution is 2.23. The van der Waals surface area contributed by atoms with E-state index in [1.165, 1.54) is 24.3 Å². The van der Waals surface area contributed by atoms with E-state index in [1.54, 1.807) is 36.4 Å². The summed E-state index contributed by atoms with van der Waals surface area (Å²) in [5.74, 6) is -0.302. The Bertz CT molecular complexity index is 996. The van der Waals surface area contributed by atoms with Gasteiger partial charge in [-0.05, 0) is 59.7 Å². The second kappa shape index (κ2) is 8.69. The van der Waals surface area contributed by atoms with E-state index in [9.17, 15) is 9.18 Å². The van der Waals surface area contributed by atoms with Crippen LogP contribution in [0.15, 0.2) is 72.8 Å².